The van der Waals surface area contributed by atoms with Gasteiger partial charge in [0, 0.05) is 6.54 Å². The number of aromatic carboxylic acids is 3. The molecule has 0 aliphatic carbocycles. The van der Waals surface area contributed by atoms with Gasteiger partial charge in [0.15, 0.2) is 0 Å². The van der Waals surface area contributed by atoms with Gasteiger partial charge in [-0.25, -0.2) is 14.4 Å². The molecule has 10 nitrogen and oxygen atoms in total. The topological polar surface area (TPSA) is 151 Å². The molecule has 0 bridgehead atoms. The summed E-state index contributed by atoms with van der Waals surface area (Å²) < 4.78 is 11.5. The van der Waals surface area contributed by atoms with E-state index in [-0.39, 0.29) is 19.7 Å². The number of rotatable bonds is 12. The molecule has 0 saturated carbocycles. The summed E-state index contributed by atoms with van der Waals surface area (Å²) in [6.07, 6.45) is 0. The lowest BCUT2D eigenvalue weighted by atomic mass is 9.97. The maximum Gasteiger partial charge on any atom is 0.336 e. The van der Waals surface area contributed by atoms with Crippen LogP contribution in [0.3, 0.4) is 0 Å². The smallest absolute Gasteiger partial charge is 0.336 e. The number of carbonyl (C=O) groups excluding carboxylic acids is 1. The Morgan fingerprint density at radius 2 is 1.05 bits per heavy atom. The van der Waals surface area contributed by atoms with Crippen molar-refractivity contribution in [2.45, 2.75) is 6.54 Å². The fraction of sp³-hybridized carbons (Fsp3) is 0.0968. The predicted octanol–water partition coefficient (Wildman–Crippen LogP) is 5.29. The molecule has 0 unspecified atom stereocenters. The van der Waals surface area contributed by atoms with E-state index < -0.39 is 46.1 Å². The van der Waals surface area contributed by atoms with E-state index in [2.05, 4.69) is 0 Å². The standard InChI is InChI=1S/C31H25NO9/c33-28(24-17-26(30(36)37)27(31(38)39)18-25(24)29(34)35)32(15-16-40-21-7-3-1-4-8-21)19-20-11-13-23(14-12-20)41-22-9-5-2-6-10-22/h1-14,17-18H,15-16,19H2,(H,34,35)(H,36,37)(H,38,39). The second-order valence-electron chi connectivity index (χ2n) is 8.81. The number of nitrogens with zero attached hydrogens (tertiary/aromatic N) is 1. The second kappa shape index (κ2) is 12.9. The minimum absolute atomic E-state index is 0.0120. The average Bonchev–Trinajstić information content (AvgIpc) is 2.97. The van der Waals surface area contributed by atoms with Crippen molar-refractivity contribution in [3.05, 3.63) is 125 Å². The van der Waals surface area contributed by atoms with Gasteiger partial charge in [0.1, 0.15) is 23.9 Å². The Balaban J connectivity index is 1.64. The summed E-state index contributed by atoms with van der Waals surface area (Å²) in [5.74, 6) is -3.84. The van der Waals surface area contributed by atoms with Crippen LogP contribution in [0.2, 0.25) is 0 Å². The molecule has 0 aliphatic rings. The van der Waals surface area contributed by atoms with E-state index in [9.17, 15) is 34.5 Å². The normalized spacial score (nSPS) is 10.4. The molecule has 1 amide bonds. The molecule has 0 aromatic heterocycles. The SMILES string of the molecule is O=C(O)c1cc(C(=O)O)c(C(=O)N(CCOc2ccccc2)Cc2ccc(Oc3ccccc3)cc2)cc1C(=O)O. The van der Waals surface area contributed by atoms with Crippen LogP contribution in [0, 0.1) is 0 Å². The fourth-order valence-corrected chi connectivity index (χ4v) is 4.03. The minimum Gasteiger partial charge on any atom is -0.492 e. The van der Waals surface area contributed by atoms with E-state index in [0.29, 0.717) is 28.9 Å². The molecule has 10 heteroatoms. The Morgan fingerprint density at radius 1 is 0.585 bits per heavy atom. The van der Waals surface area contributed by atoms with Crippen LogP contribution < -0.4 is 9.47 Å². The highest BCUT2D eigenvalue weighted by Crippen LogP contribution is 2.24. The van der Waals surface area contributed by atoms with Crippen molar-refractivity contribution < 1.29 is 44.0 Å². The lowest BCUT2D eigenvalue weighted by Gasteiger charge is -2.24. The molecule has 4 aromatic rings. The summed E-state index contributed by atoms with van der Waals surface area (Å²) in [6.45, 7) is 0.0786. The average molecular weight is 556 g/mol. The van der Waals surface area contributed by atoms with Crippen molar-refractivity contribution in [3.63, 3.8) is 0 Å². The Hall–Kier alpha value is -5.64. The van der Waals surface area contributed by atoms with Gasteiger partial charge in [-0.15, -0.1) is 0 Å². The molecule has 41 heavy (non-hydrogen) atoms. The van der Waals surface area contributed by atoms with Crippen molar-refractivity contribution in [1.29, 1.82) is 0 Å². The van der Waals surface area contributed by atoms with Crippen molar-refractivity contribution in [2.24, 2.45) is 0 Å². The molecule has 4 rings (SSSR count). The molecule has 0 saturated heterocycles. The summed E-state index contributed by atoms with van der Waals surface area (Å²) in [4.78, 5) is 50.4. The van der Waals surface area contributed by atoms with Crippen molar-refractivity contribution >= 4 is 23.8 Å². The minimum atomic E-state index is -1.63. The number of hydrogen-bond acceptors (Lipinski definition) is 6. The number of para-hydroxylation sites is 2. The lowest BCUT2D eigenvalue weighted by Crippen LogP contribution is -2.35. The highest BCUT2D eigenvalue weighted by molar-refractivity contribution is 6.10. The molecule has 208 valence electrons. The zero-order valence-electron chi connectivity index (χ0n) is 21.6. The largest absolute Gasteiger partial charge is 0.492 e. The number of carbonyl (C=O) groups is 4. The van der Waals surface area contributed by atoms with E-state index in [0.717, 1.165) is 6.07 Å². The van der Waals surface area contributed by atoms with Gasteiger partial charge in [-0.3, -0.25) is 4.79 Å². The van der Waals surface area contributed by atoms with Gasteiger partial charge in [-0.05, 0) is 54.1 Å². The number of amides is 1. The highest BCUT2D eigenvalue weighted by atomic mass is 16.5. The van der Waals surface area contributed by atoms with Gasteiger partial charge in [0.25, 0.3) is 5.91 Å². The first-order valence-corrected chi connectivity index (χ1v) is 12.4. The third-order valence-electron chi connectivity index (χ3n) is 6.02. The van der Waals surface area contributed by atoms with Crippen LogP contribution in [0.25, 0.3) is 0 Å². The van der Waals surface area contributed by atoms with Crippen molar-refractivity contribution in [3.8, 4) is 17.2 Å². The zero-order valence-corrected chi connectivity index (χ0v) is 21.6. The molecule has 0 fully saturated rings. The molecule has 0 radical (unpaired) electrons. The molecule has 0 aliphatic heterocycles. The zero-order chi connectivity index (χ0) is 29.4. The molecule has 4 aromatic carbocycles. The van der Waals surface area contributed by atoms with Gasteiger partial charge in [-0.2, -0.15) is 0 Å². The van der Waals surface area contributed by atoms with E-state index in [1.165, 1.54) is 4.90 Å². The van der Waals surface area contributed by atoms with E-state index >= 15 is 0 Å². The number of ether oxygens (including phenoxy) is 2. The van der Waals surface area contributed by atoms with Gasteiger partial charge in [0.2, 0.25) is 0 Å². The third kappa shape index (κ3) is 7.27. The van der Waals surface area contributed by atoms with Gasteiger partial charge < -0.3 is 29.7 Å². The van der Waals surface area contributed by atoms with Crippen LogP contribution in [0.1, 0.15) is 47.0 Å². The number of benzene rings is 4. The monoisotopic (exact) mass is 555 g/mol. The second-order valence-corrected chi connectivity index (χ2v) is 8.81. The summed E-state index contributed by atoms with van der Waals surface area (Å²) in [6, 6.07) is 26.4. The van der Waals surface area contributed by atoms with E-state index in [4.69, 9.17) is 9.47 Å². The van der Waals surface area contributed by atoms with E-state index in [1.54, 1.807) is 48.5 Å². The number of hydrogen-bond donors (Lipinski definition) is 3. The fourth-order valence-electron chi connectivity index (χ4n) is 4.03. The van der Waals surface area contributed by atoms with Crippen LogP contribution in [-0.2, 0) is 6.54 Å². The number of carboxylic acids is 3. The Kier molecular flexibility index (Phi) is 8.95. The molecular weight excluding hydrogens is 530 g/mol. The van der Waals surface area contributed by atoms with Gasteiger partial charge in [0.05, 0.1) is 28.8 Å². The highest BCUT2D eigenvalue weighted by Gasteiger charge is 2.28. The van der Waals surface area contributed by atoms with Crippen LogP contribution in [0.15, 0.2) is 97.1 Å². The van der Waals surface area contributed by atoms with Crippen molar-refractivity contribution in [2.75, 3.05) is 13.2 Å². The maximum atomic E-state index is 13.7. The van der Waals surface area contributed by atoms with Gasteiger partial charge in [-0.1, -0.05) is 48.5 Å². The Bertz CT molecular complexity index is 1550. The first-order valence-electron chi connectivity index (χ1n) is 12.4. The van der Waals surface area contributed by atoms with Crippen LogP contribution in [0.5, 0.6) is 17.2 Å². The molecule has 3 N–H and O–H groups in total. The van der Waals surface area contributed by atoms with Crippen LogP contribution in [0.4, 0.5) is 0 Å². The summed E-state index contributed by atoms with van der Waals surface area (Å²) in [5, 5.41) is 28.7. The summed E-state index contributed by atoms with van der Waals surface area (Å²) in [7, 11) is 0. The maximum absolute atomic E-state index is 13.7. The molecule has 0 atom stereocenters. The lowest BCUT2D eigenvalue weighted by molar-refractivity contribution is 0.0642. The molecular formula is C31H25NO9. The van der Waals surface area contributed by atoms with Crippen LogP contribution >= 0.6 is 0 Å². The predicted molar refractivity (Wildman–Crippen MR) is 147 cm³/mol. The Labute approximate surface area is 234 Å². The number of carboxylic acid groups (broad SMARTS) is 3. The molecule has 0 spiro atoms. The first-order chi connectivity index (χ1) is 19.7. The van der Waals surface area contributed by atoms with E-state index in [1.807, 2.05) is 36.4 Å². The van der Waals surface area contributed by atoms with Gasteiger partial charge >= 0.3 is 17.9 Å². The summed E-state index contributed by atoms with van der Waals surface area (Å²) >= 11 is 0. The first kappa shape index (κ1) is 28.4. The third-order valence-corrected chi connectivity index (χ3v) is 6.02. The summed E-state index contributed by atoms with van der Waals surface area (Å²) in [5.41, 5.74) is -1.84. The Morgan fingerprint density at radius 3 is 1.59 bits per heavy atom. The van der Waals surface area contributed by atoms with Crippen molar-refractivity contribution in [1.82, 2.24) is 4.90 Å². The molecule has 0 heterocycles. The van der Waals surface area contributed by atoms with Crippen LogP contribution in [-0.4, -0.2) is 57.2 Å². The quantitative estimate of drug-likeness (QED) is 0.212.